The summed E-state index contributed by atoms with van der Waals surface area (Å²) in [6.45, 7) is 0.356. The van der Waals surface area contributed by atoms with E-state index in [0.29, 0.717) is 17.9 Å². The van der Waals surface area contributed by atoms with E-state index >= 15 is 0 Å². The van der Waals surface area contributed by atoms with Gasteiger partial charge in [0, 0.05) is 31.1 Å². The summed E-state index contributed by atoms with van der Waals surface area (Å²) in [5.41, 5.74) is 7.99. The molecule has 0 unspecified atom stereocenters. The first-order chi connectivity index (χ1) is 9.08. The first-order valence-corrected chi connectivity index (χ1v) is 5.89. The molecule has 1 aliphatic heterocycles. The van der Waals surface area contributed by atoms with Gasteiger partial charge in [0.25, 0.3) is 0 Å². The number of nitrogens with one attached hydrogen (secondary N) is 1. The molecule has 98 valence electrons. The molecular formula is C12H13N5O2. The first-order valence-electron chi connectivity index (χ1n) is 5.89. The second kappa shape index (κ2) is 3.98. The van der Waals surface area contributed by atoms with E-state index in [9.17, 15) is 9.59 Å². The van der Waals surface area contributed by atoms with Gasteiger partial charge in [0.05, 0.1) is 17.4 Å². The number of imide groups is 1. The lowest BCUT2D eigenvalue weighted by molar-refractivity contribution is -0.120. The number of aromatic nitrogens is 2. The van der Waals surface area contributed by atoms with E-state index in [4.69, 9.17) is 5.73 Å². The summed E-state index contributed by atoms with van der Waals surface area (Å²) in [6.07, 6.45) is 1.95. The molecule has 0 bridgehead atoms. The van der Waals surface area contributed by atoms with Crippen LogP contribution < -0.4 is 16.0 Å². The number of hydrogen-bond acceptors (Lipinski definition) is 4. The summed E-state index contributed by atoms with van der Waals surface area (Å²) in [5, 5.41) is 7.27. The Bertz CT molecular complexity index is 691. The Morgan fingerprint density at radius 2 is 2.16 bits per heavy atom. The summed E-state index contributed by atoms with van der Waals surface area (Å²) < 4.78 is 1.67. The summed E-state index contributed by atoms with van der Waals surface area (Å²) in [7, 11) is 1.79. The average molecular weight is 259 g/mol. The molecule has 0 spiro atoms. The Morgan fingerprint density at radius 3 is 2.89 bits per heavy atom. The van der Waals surface area contributed by atoms with E-state index in [-0.39, 0.29) is 12.3 Å². The van der Waals surface area contributed by atoms with Crippen molar-refractivity contribution < 1.29 is 9.59 Å². The molecule has 3 N–H and O–H groups in total. The molecular weight excluding hydrogens is 246 g/mol. The molecule has 1 aromatic heterocycles. The van der Waals surface area contributed by atoms with Gasteiger partial charge in [-0.2, -0.15) is 5.10 Å². The van der Waals surface area contributed by atoms with Crippen molar-refractivity contribution in [1.82, 2.24) is 15.1 Å². The van der Waals surface area contributed by atoms with Gasteiger partial charge in [-0.15, -0.1) is 0 Å². The van der Waals surface area contributed by atoms with Crippen LogP contribution in [0.25, 0.3) is 10.9 Å². The third-order valence-corrected chi connectivity index (χ3v) is 3.26. The topological polar surface area (TPSA) is 93.2 Å². The lowest BCUT2D eigenvalue weighted by Crippen LogP contribution is -2.49. The van der Waals surface area contributed by atoms with Crippen LogP contribution in [0.1, 0.15) is 6.42 Å². The van der Waals surface area contributed by atoms with E-state index in [1.807, 2.05) is 0 Å². The zero-order chi connectivity index (χ0) is 13.6. The number of urea groups is 1. The highest BCUT2D eigenvalue weighted by atomic mass is 16.2. The van der Waals surface area contributed by atoms with Crippen LogP contribution in [0.4, 0.5) is 16.2 Å². The van der Waals surface area contributed by atoms with Crippen LogP contribution in [0.3, 0.4) is 0 Å². The van der Waals surface area contributed by atoms with Gasteiger partial charge in [0.2, 0.25) is 5.91 Å². The molecule has 3 amide bonds. The zero-order valence-corrected chi connectivity index (χ0v) is 10.4. The van der Waals surface area contributed by atoms with Crippen molar-refractivity contribution in [1.29, 1.82) is 0 Å². The van der Waals surface area contributed by atoms with Gasteiger partial charge in [0.1, 0.15) is 0 Å². The van der Waals surface area contributed by atoms with E-state index in [1.54, 1.807) is 30.1 Å². The molecule has 0 aliphatic carbocycles. The lowest BCUT2D eigenvalue weighted by Gasteiger charge is -2.27. The largest absolute Gasteiger partial charge is 0.398 e. The average Bonchev–Trinajstić information content (AvgIpc) is 2.75. The molecule has 1 aliphatic rings. The minimum atomic E-state index is -0.413. The number of benzene rings is 1. The Morgan fingerprint density at radius 1 is 1.37 bits per heavy atom. The third-order valence-electron chi connectivity index (χ3n) is 3.26. The van der Waals surface area contributed by atoms with Gasteiger partial charge in [-0.05, 0) is 12.1 Å². The van der Waals surface area contributed by atoms with Crippen LogP contribution in [0.5, 0.6) is 0 Å². The Kier molecular flexibility index (Phi) is 2.41. The van der Waals surface area contributed by atoms with Crippen molar-refractivity contribution >= 4 is 34.2 Å². The third kappa shape index (κ3) is 1.70. The summed E-state index contributed by atoms with van der Waals surface area (Å²) in [5.74, 6) is -0.252. The number of anilines is 2. The summed E-state index contributed by atoms with van der Waals surface area (Å²) in [4.78, 5) is 24.6. The van der Waals surface area contributed by atoms with Gasteiger partial charge in [-0.3, -0.25) is 19.7 Å². The Labute approximate surface area is 109 Å². The molecule has 19 heavy (non-hydrogen) atoms. The molecule has 1 aromatic carbocycles. The van der Waals surface area contributed by atoms with Crippen LogP contribution in [0, 0.1) is 0 Å². The highest BCUT2D eigenvalue weighted by Crippen LogP contribution is 2.31. The van der Waals surface area contributed by atoms with Crippen molar-refractivity contribution in [3.63, 3.8) is 0 Å². The summed E-state index contributed by atoms with van der Waals surface area (Å²) in [6, 6.07) is 3.10. The highest BCUT2D eigenvalue weighted by Gasteiger charge is 2.26. The Balaban J connectivity index is 2.15. The highest BCUT2D eigenvalue weighted by molar-refractivity contribution is 6.10. The van der Waals surface area contributed by atoms with Gasteiger partial charge >= 0.3 is 6.03 Å². The molecule has 1 saturated heterocycles. The van der Waals surface area contributed by atoms with Crippen molar-refractivity contribution in [2.45, 2.75) is 6.42 Å². The number of aryl methyl sites for hydroxylation is 1. The number of nitrogen functional groups attached to an aromatic ring is 1. The van der Waals surface area contributed by atoms with Crippen LogP contribution in [-0.2, 0) is 11.8 Å². The normalized spacial score (nSPS) is 15.9. The van der Waals surface area contributed by atoms with Crippen molar-refractivity contribution in [2.24, 2.45) is 7.05 Å². The SMILES string of the molecule is Cn1ncc2c(N)ccc(N3CCC(=O)NC3=O)c21. The number of carbonyl (C=O) groups excluding carboxylic acids is 2. The molecule has 1 fully saturated rings. The van der Waals surface area contributed by atoms with Crippen molar-refractivity contribution in [3.8, 4) is 0 Å². The van der Waals surface area contributed by atoms with Crippen molar-refractivity contribution in [2.75, 3.05) is 17.2 Å². The number of nitrogens with two attached hydrogens (primary N) is 1. The number of carbonyl (C=O) groups is 2. The molecule has 2 aromatic rings. The standard InChI is InChI=1S/C12H13N5O2/c1-16-11-7(6-14-16)8(13)2-3-9(11)17-5-4-10(18)15-12(17)19/h2-3,6H,4-5,13H2,1H3,(H,15,18,19). The number of nitrogens with zero attached hydrogens (tertiary/aromatic N) is 3. The fourth-order valence-corrected chi connectivity index (χ4v) is 2.30. The van der Waals surface area contributed by atoms with E-state index in [1.165, 1.54) is 4.90 Å². The molecule has 0 radical (unpaired) electrons. The Hall–Kier alpha value is -2.57. The van der Waals surface area contributed by atoms with Gasteiger partial charge in [-0.1, -0.05) is 0 Å². The lowest BCUT2D eigenvalue weighted by atomic mass is 10.1. The van der Waals surface area contributed by atoms with E-state index in [2.05, 4.69) is 10.4 Å². The number of hydrogen-bond donors (Lipinski definition) is 2. The van der Waals surface area contributed by atoms with Crippen molar-refractivity contribution in [3.05, 3.63) is 18.3 Å². The molecule has 0 atom stereocenters. The molecule has 7 nitrogen and oxygen atoms in total. The fourth-order valence-electron chi connectivity index (χ4n) is 2.30. The van der Waals surface area contributed by atoms with Crippen LogP contribution in [-0.4, -0.2) is 28.3 Å². The maximum Gasteiger partial charge on any atom is 0.328 e. The number of fused-ring (bicyclic) bond motifs is 1. The fraction of sp³-hybridized carbons (Fsp3) is 0.250. The van der Waals surface area contributed by atoms with Crippen LogP contribution >= 0.6 is 0 Å². The monoisotopic (exact) mass is 259 g/mol. The predicted octanol–water partition coefficient (Wildman–Crippen LogP) is 0.602. The first kappa shape index (κ1) is 11.5. The maximum atomic E-state index is 11.9. The summed E-state index contributed by atoms with van der Waals surface area (Å²) >= 11 is 0. The number of amides is 3. The van der Waals surface area contributed by atoms with Crippen LogP contribution in [0.2, 0.25) is 0 Å². The molecule has 3 rings (SSSR count). The van der Waals surface area contributed by atoms with Gasteiger partial charge in [-0.25, -0.2) is 4.79 Å². The van der Waals surface area contributed by atoms with E-state index in [0.717, 1.165) is 10.9 Å². The second-order valence-corrected chi connectivity index (χ2v) is 4.46. The zero-order valence-electron chi connectivity index (χ0n) is 10.4. The maximum absolute atomic E-state index is 11.9. The smallest absolute Gasteiger partial charge is 0.328 e. The van der Waals surface area contributed by atoms with E-state index < -0.39 is 6.03 Å². The van der Waals surface area contributed by atoms with Gasteiger partial charge in [0.15, 0.2) is 0 Å². The second-order valence-electron chi connectivity index (χ2n) is 4.46. The van der Waals surface area contributed by atoms with Crippen LogP contribution in [0.15, 0.2) is 18.3 Å². The minimum Gasteiger partial charge on any atom is -0.398 e. The minimum absolute atomic E-state index is 0.252. The molecule has 0 saturated carbocycles. The molecule has 7 heteroatoms. The number of rotatable bonds is 1. The van der Waals surface area contributed by atoms with Gasteiger partial charge < -0.3 is 5.73 Å². The predicted molar refractivity (Wildman–Crippen MR) is 70.6 cm³/mol. The molecule has 2 heterocycles. The quantitative estimate of drug-likeness (QED) is 0.733.